The Labute approximate surface area is 108 Å². The zero-order valence-corrected chi connectivity index (χ0v) is 11.3. The number of hydrogen-bond acceptors (Lipinski definition) is 4. The van der Waals surface area contributed by atoms with Gasteiger partial charge < -0.3 is 20.4 Å². The fourth-order valence-corrected chi connectivity index (χ4v) is 1.77. The molecule has 0 aliphatic carbocycles. The smallest absolute Gasteiger partial charge is 0.170 e. The molecule has 5 nitrogen and oxygen atoms in total. The monoisotopic (exact) mass is 302 g/mol. The number of nitrogens with zero attached hydrogens (tertiary/aromatic N) is 1. The highest BCUT2D eigenvalue weighted by atomic mass is 79.9. The molecule has 1 aromatic carbocycles. The van der Waals surface area contributed by atoms with E-state index in [0.717, 1.165) is 4.47 Å². The summed E-state index contributed by atoms with van der Waals surface area (Å²) in [5.41, 5.74) is 6.10. The Morgan fingerprint density at radius 3 is 2.82 bits per heavy atom. The molecule has 0 aromatic heterocycles. The first-order valence-electron chi connectivity index (χ1n) is 5.01. The predicted molar refractivity (Wildman–Crippen MR) is 68.6 cm³/mol. The Morgan fingerprint density at radius 2 is 2.29 bits per heavy atom. The molecule has 0 spiro atoms. The molecule has 3 N–H and O–H groups in total. The number of nitrogens with two attached hydrogens (primary N) is 1. The molecular formula is C11H15BrN2O3. The van der Waals surface area contributed by atoms with Crippen molar-refractivity contribution >= 4 is 21.8 Å². The van der Waals surface area contributed by atoms with E-state index in [4.69, 9.17) is 20.4 Å². The van der Waals surface area contributed by atoms with E-state index < -0.39 is 0 Å². The van der Waals surface area contributed by atoms with E-state index in [-0.39, 0.29) is 11.9 Å². The van der Waals surface area contributed by atoms with Gasteiger partial charge in [0.15, 0.2) is 5.84 Å². The van der Waals surface area contributed by atoms with Crippen LogP contribution < -0.4 is 10.5 Å². The third-order valence-electron chi connectivity index (χ3n) is 2.06. The second kappa shape index (κ2) is 6.46. The van der Waals surface area contributed by atoms with Crippen LogP contribution in [0.5, 0.6) is 5.75 Å². The van der Waals surface area contributed by atoms with Gasteiger partial charge in [0.1, 0.15) is 11.9 Å². The fourth-order valence-electron chi connectivity index (χ4n) is 1.30. The van der Waals surface area contributed by atoms with Crippen molar-refractivity contribution < 1.29 is 14.7 Å². The Kier molecular flexibility index (Phi) is 5.24. The molecule has 0 radical (unpaired) electrons. The normalized spacial score (nSPS) is 13.5. The van der Waals surface area contributed by atoms with Crippen LogP contribution in [0.3, 0.4) is 0 Å². The van der Waals surface area contributed by atoms with Gasteiger partial charge in [-0.3, -0.25) is 0 Å². The van der Waals surface area contributed by atoms with Crippen LogP contribution in [0, 0.1) is 0 Å². The number of ether oxygens (including phenoxy) is 2. The van der Waals surface area contributed by atoms with Crippen LogP contribution in [-0.2, 0) is 4.74 Å². The molecular weight excluding hydrogens is 288 g/mol. The minimum Gasteiger partial charge on any atom is -0.487 e. The van der Waals surface area contributed by atoms with Crippen molar-refractivity contribution in [1.29, 1.82) is 0 Å². The van der Waals surface area contributed by atoms with Gasteiger partial charge in [-0.25, -0.2) is 0 Å². The molecule has 1 aromatic rings. The summed E-state index contributed by atoms with van der Waals surface area (Å²) in [6.45, 7) is 2.42. The number of hydrogen-bond donors (Lipinski definition) is 2. The number of halogens is 1. The largest absolute Gasteiger partial charge is 0.487 e. The van der Waals surface area contributed by atoms with Crippen molar-refractivity contribution in [3.05, 3.63) is 28.2 Å². The van der Waals surface area contributed by atoms with E-state index >= 15 is 0 Å². The van der Waals surface area contributed by atoms with Crippen LogP contribution in [0.2, 0.25) is 0 Å². The summed E-state index contributed by atoms with van der Waals surface area (Å²) in [5.74, 6) is 0.742. The van der Waals surface area contributed by atoms with Crippen molar-refractivity contribution in [3.63, 3.8) is 0 Å². The third kappa shape index (κ3) is 3.90. The van der Waals surface area contributed by atoms with Crippen LogP contribution >= 0.6 is 15.9 Å². The standard InChI is InChI=1S/C11H15BrN2O3/c1-7(6-16-2)17-10-4-3-8(5-9(10)12)11(13)14-15/h3-5,7,15H,6H2,1-2H3,(H2,13,14). The number of rotatable bonds is 5. The van der Waals surface area contributed by atoms with Crippen LogP contribution in [0.4, 0.5) is 0 Å². The van der Waals surface area contributed by atoms with Gasteiger partial charge in [-0.15, -0.1) is 0 Å². The van der Waals surface area contributed by atoms with Crippen molar-refractivity contribution in [2.45, 2.75) is 13.0 Å². The quantitative estimate of drug-likeness (QED) is 0.377. The van der Waals surface area contributed by atoms with E-state index in [2.05, 4.69) is 21.1 Å². The van der Waals surface area contributed by atoms with E-state index in [1.54, 1.807) is 25.3 Å². The van der Waals surface area contributed by atoms with Gasteiger partial charge in [0.25, 0.3) is 0 Å². The first kappa shape index (κ1) is 13.8. The number of amidine groups is 1. The average Bonchev–Trinajstić information content (AvgIpc) is 2.31. The zero-order chi connectivity index (χ0) is 12.8. The summed E-state index contributed by atoms with van der Waals surface area (Å²) in [4.78, 5) is 0. The molecule has 0 aliphatic heterocycles. The molecule has 0 fully saturated rings. The van der Waals surface area contributed by atoms with Crippen LogP contribution in [0.25, 0.3) is 0 Å². The molecule has 1 unspecified atom stereocenters. The molecule has 1 rings (SSSR count). The summed E-state index contributed by atoms with van der Waals surface area (Å²) < 4.78 is 11.4. The van der Waals surface area contributed by atoms with Crippen molar-refractivity contribution in [2.24, 2.45) is 10.9 Å². The van der Waals surface area contributed by atoms with Crippen molar-refractivity contribution in [1.82, 2.24) is 0 Å². The summed E-state index contributed by atoms with van der Waals surface area (Å²) >= 11 is 3.37. The lowest BCUT2D eigenvalue weighted by molar-refractivity contribution is 0.0916. The summed E-state index contributed by atoms with van der Waals surface area (Å²) in [5, 5.41) is 11.5. The zero-order valence-electron chi connectivity index (χ0n) is 9.68. The minimum atomic E-state index is -0.0500. The van der Waals surface area contributed by atoms with E-state index in [0.29, 0.717) is 17.9 Å². The maximum absolute atomic E-state index is 8.56. The fraction of sp³-hybridized carbons (Fsp3) is 0.364. The number of methoxy groups -OCH3 is 1. The summed E-state index contributed by atoms with van der Waals surface area (Å²) in [6.07, 6.45) is -0.0500. The maximum atomic E-state index is 8.56. The Morgan fingerprint density at radius 1 is 1.59 bits per heavy atom. The van der Waals surface area contributed by atoms with Gasteiger partial charge in [-0.1, -0.05) is 5.16 Å². The lowest BCUT2D eigenvalue weighted by Crippen LogP contribution is -2.18. The van der Waals surface area contributed by atoms with Gasteiger partial charge >= 0.3 is 0 Å². The third-order valence-corrected chi connectivity index (χ3v) is 2.68. The van der Waals surface area contributed by atoms with Gasteiger partial charge in [0.05, 0.1) is 11.1 Å². The van der Waals surface area contributed by atoms with Gasteiger partial charge in [-0.05, 0) is 41.1 Å². The molecule has 1 atom stereocenters. The molecule has 17 heavy (non-hydrogen) atoms. The molecule has 0 aliphatic rings. The number of oxime groups is 1. The summed E-state index contributed by atoms with van der Waals surface area (Å²) in [7, 11) is 1.62. The molecule has 94 valence electrons. The Hall–Kier alpha value is -1.27. The predicted octanol–water partition coefficient (Wildman–Crippen LogP) is 1.96. The highest BCUT2D eigenvalue weighted by Crippen LogP contribution is 2.26. The summed E-state index contributed by atoms with van der Waals surface area (Å²) in [6, 6.07) is 5.20. The topological polar surface area (TPSA) is 77.1 Å². The Balaban J connectivity index is 2.83. The van der Waals surface area contributed by atoms with Crippen LogP contribution in [0.1, 0.15) is 12.5 Å². The second-order valence-electron chi connectivity index (χ2n) is 3.51. The average molecular weight is 303 g/mol. The molecule has 0 bridgehead atoms. The maximum Gasteiger partial charge on any atom is 0.170 e. The van der Waals surface area contributed by atoms with E-state index in [1.807, 2.05) is 6.92 Å². The van der Waals surface area contributed by atoms with E-state index in [9.17, 15) is 0 Å². The van der Waals surface area contributed by atoms with Crippen molar-refractivity contribution in [3.8, 4) is 5.75 Å². The minimum absolute atomic E-state index is 0.0500. The lowest BCUT2D eigenvalue weighted by Gasteiger charge is -2.15. The molecule has 0 saturated carbocycles. The molecule has 0 heterocycles. The van der Waals surface area contributed by atoms with E-state index in [1.165, 1.54) is 0 Å². The lowest BCUT2D eigenvalue weighted by atomic mass is 10.2. The SMILES string of the molecule is COCC(C)Oc1ccc(/C(N)=N/O)cc1Br. The van der Waals surface area contributed by atoms with Crippen LogP contribution in [0.15, 0.2) is 27.8 Å². The number of benzene rings is 1. The van der Waals surface area contributed by atoms with Crippen molar-refractivity contribution in [2.75, 3.05) is 13.7 Å². The van der Waals surface area contributed by atoms with Gasteiger partial charge in [-0.2, -0.15) is 0 Å². The molecule has 0 amide bonds. The highest BCUT2D eigenvalue weighted by Gasteiger charge is 2.09. The van der Waals surface area contributed by atoms with Gasteiger partial charge in [0.2, 0.25) is 0 Å². The van der Waals surface area contributed by atoms with Gasteiger partial charge in [0, 0.05) is 12.7 Å². The second-order valence-corrected chi connectivity index (χ2v) is 4.37. The highest BCUT2D eigenvalue weighted by molar-refractivity contribution is 9.10. The molecule has 6 heteroatoms. The first-order chi connectivity index (χ1) is 8.08. The van der Waals surface area contributed by atoms with Crippen LogP contribution in [-0.4, -0.2) is 30.9 Å². The first-order valence-corrected chi connectivity index (χ1v) is 5.80. The Bertz CT molecular complexity index is 410. The molecule has 0 saturated heterocycles.